The van der Waals surface area contributed by atoms with E-state index in [-0.39, 0.29) is 0 Å². The maximum Gasteiger partial charge on any atom is 0.0113 e. The molecule has 0 aromatic heterocycles. The van der Waals surface area contributed by atoms with Crippen molar-refractivity contribution in [2.75, 3.05) is 6.54 Å². The molecule has 3 aliphatic rings. The quantitative estimate of drug-likeness (QED) is 0.767. The van der Waals surface area contributed by atoms with Crippen molar-refractivity contribution in [2.24, 2.45) is 11.7 Å². The third-order valence-electron chi connectivity index (χ3n) is 4.34. The minimum absolute atomic E-state index is 0.490. The van der Waals surface area contributed by atoms with Crippen LogP contribution in [-0.4, -0.2) is 29.6 Å². The molecule has 0 aromatic carbocycles. The van der Waals surface area contributed by atoms with Gasteiger partial charge in [-0.05, 0) is 50.9 Å². The summed E-state index contributed by atoms with van der Waals surface area (Å²) in [7, 11) is 0. The Balaban J connectivity index is 1.59. The lowest BCUT2D eigenvalue weighted by Crippen LogP contribution is -2.44. The monoisotopic (exact) mass is 208 g/mol. The number of nitrogens with zero attached hydrogens (tertiary/aromatic N) is 1. The first-order valence-corrected chi connectivity index (χ1v) is 6.84. The molecule has 2 nitrogen and oxygen atoms in total. The highest BCUT2D eigenvalue weighted by molar-refractivity contribution is 4.94. The van der Waals surface area contributed by atoms with Crippen LogP contribution < -0.4 is 5.73 Å². The summed E-state index contributed by atoms with van der Waals surface area (Å²) in [4.78, 5) is 2.83. The van der Waals surface area contributed by atoms with E-state index in [4.69, 9.17) is 5.73 Å². The van der Waals surface area contributed by atoms with Crippen molar-refractivity contribution in [1.29, 1.82) is 0 Å². The second kappa shape index (κ2) is 4.06. The van der Waals surface area contributed by atoms with Crippen molar-refractivity contribution in [1.82, 2.24) is 4.90 Å². The van der Waals surface area contributed by atoms with Crippen LogP contribution in [0.2, 0.25) is 0 Å². The van der Waals surface area contributed by atoms with Crippen molar-refractivity contribution in [3.8, 4) is 0 Å². The van der Waals surface area contributed by atoms with Crippen LogP contribution in [0.1, 0.15) is 51.4 Å². The molecular weight excluding hydrogens is 184 g/mol. The second-order valence-electron chi connectivity index (χ2n) is 5.95. The Morgan fingerprint density at radius 3 is 2.33 bits per heavy atom. The summed E-state index contributed by atoms with van der Waals surface area (Å²) in [6.45, 7) is 1.39. The van der Waals surface area contributed by atoms with E-state index in [2.05, 4.69) is 4.90 Å². The highest BCUT2D eigenvalue weighted by Crippen LogP contribution is 2.38. The third-order valence-corrected chi connectivity index (χ3v) is 4.34. The Bertz CT molecular complexity index is 221. The molecule has 3 fully saturated rings. The summed E-state index contributed by atoms with van der Waals surface area (Å²) in [5, 5.41) is 0. The van der Waals surface area contributed by atoms with Gasteiger partial charge in [-0.1, -0.05) is 6.42 Å². The van der Waals surface area contributed by atoms with Gasteiger partial charge in [0.15, 0.2) is 0 Å². The molecule has 2 N–H and O–H groups in total. The average Bonchev–Trinajstić information content (AvgIpc) is 3.08. The van der Waals surface area contributed by atoms with Gasteiger partial charge in [-0.2, -0.15) is 0 Å². The first-order chi connectivity index (χ1) is 7.33. The molecule has 0 amide bonds. The molecule has 3 saturated carbocycles. The van der Waals surface area contributed by atoms with E-state index in [0.29, 0.717) is 6.04 Å². The lowest BCUT2D eigenvalue weighted by atomic mass is 9.90. The van der Waals surface area contributed by atoms with Crippen LogP contribution in [0, 0.1) is 5.92 Å². The van der Waals surface area contributed by atoms with Crippen molar-refractivity contribution in [3.63, 3.8) is 0 Å². The highest BCUT2D eigenvalue weighted by atomic mass is 15.2. The van der Waals surface area contributed by atoms with E-state index in [1.807, 2.05) is 0 Å². The van der Waals surface area contributed by atoms with Crippen LogP contribution in [0.25, 0.3) is 0 Å². The highest BCUT2D eigenvalue weighted by Gasteiger charge is 2.38. The van der Waals surface area contributed by atoms with Crippen LogP contribution in [-0.2, 0) is 0 Å². The van der Waals surface area contributed by atoms with Gasteiger partial charge in [0, 0.05) is 24.7 Å². The Morgan fingerprint density at radius 1 is 0.933 bits per heavy atom. The summed E-state index contributed by atoms with van der Waals surface area (Å²) in [6, 6.07) is 2.27. The van der Waals surface area contributed by atoms with Crippen LogP contribution in [0.5, 0.6) is 0 Å². The maximum atomic E-state index is 6.10. The number of rotatable bonds is 4. The lowest BCUT2D eigenvalue weighted by Gasteiger charge is -2.37. The molecule has 0 saturated heterocycles. The Labute approximate surface area is 93.2 Å². The van der Waals surface area contributed by atoms with Crippen LogP contribution in [0.3, 0.4) is 0 Å². The van der Waals surface area contributed by atoms with Gasteiger partial charge < -0.3 is 5.73 Å². The van der Waals surface area contributed by atoms with Gasteiger partial charge in [-0.15, -0.1) is 0 Å². The molecule has 3 aliphatic carbocycles. The zero-order valence-electron chi connectivity index (χ0n) is 9.70. The first kappa shape index (κ1) is 10.1. The maximum absolute atomic E-state index is 6.10. The van der Waals surface area contributed by atoms with Crippen LogP contribution >= 0.6 is 0 Å². The SMILES string of the molecule is NC1CCCC(N(CC2CC2)C2CC2)C1. The van der Waals surface area contributed by atoms with Gasteiger partial charge in [-0.25, -0.2) is 0 Å². The molecule has 2 unspecified atom stereocenters. The van der Waals surface area contributed by atoms with E-state index in [9.17, 15) is 0 Å². The molecule has 15 heavy (non-hydrogen) atoms. The van der Waals surface area contributed by atoms with Crippen molar-refractivity contribution in [3.05, 3.63) is 0 Å². The molecular formula is C13H24N2. The normalized spacial score (nSPS) is 37.2. The number of hydrogen-bond donors (Lipinski definition) is 1. The minimum Gasteiger partial charge on any atom is -0.328 e. The average molecular weight is 208 g/mol. The largest absolute Gasteiger partial charge is 0.328 e. The van der Waals surface area contributed by atoms with Gasteiger partial charge in [0.25, 0.3) is 0 Å². The van der Waals surface area contributed by atoms with E-state index in [0.717, 1.165) is 18.0 Å². The lowest BCUT2D eigenvalue weighted by molar-refractivity contribution is 0.133. The molecule has 86 valence electrons. The van der Waals surface area contributed by atoms with Gasteiger partial charge in [0.1, 0.15) is 0 Å². The molecule has 2 heteroatoms. The molecule has 0 spiro atoms. The molecule has 0 aliphatic heterocycles. The minimum atomic E-state index is 0.490. The summed E-state index contributed by atoms with van der Waals surface area (Å²) in [5.41, 5.74) is 6.10. The van der Waals surface area contributed by atoms with Crippen LogP contribution in [0.15, 0.2) is 0 Å². The fraction of sp³-hybridized carbons (Fsp3) is 1.00. The first-order valence-electron chi connectivity index (χ1n) is 6.84. The molecule has 0 radical (unpaired) electrons. The molecule has 3 rings (SSSR count). The van der Waals surface area contributed by atoms with Gasteiger partial charge >= 0.3 is 0 Å². The van der Waals surface area contributed by atoms with Crippen LogP contribution in [0.4, 0.5) is 0 Å². The smallest absolute Gasteiger partial charge is 0.0113 e. The zero-order valence-corrected chi connectivity index (χ0v) is 9.70. The Kier molecular flexibility index (Phi) is 2.73. The second-order valence-corrected chi connectivity index (χ2v) is 5.95. The number of nitrogens with two attached hydrogens (primary N) is 1. The molecule has 0 heterocycles. The molecule has 2 atom stereocenters. The molecule has 0 bridgehead atoms. The van der Waals surface area contributed by atoms with E-state index >= 15 is 0 Å². The van der Waals surface area contributed by atoms with E-state index < -0.39 is 0 Å². The zero-order chi connectivity index (χ0) is 10.3. The van der Waals surface area contributed by atoms with E-state index in [1.165, 1.54) is 57.9 Å². The Hall–Kier alpha value is -0.0800. The number of hydrogen-bond acceptors (Lipinski definition) is 2. The van der Waals surface area contributed by atoms with Gasteiger partial charge in [0.05, 0.1) is 0 Å². The molecule has 0 aromatic rings. The third kappa shape index (κ3) is 2.54. The predicted octanol–water partition coefficient (Wildman–Crippen LogP) is 2.13. The van der Waals surface area contributed by atoms with Gasteiger partial charge in [-0.3, -0.25) is 4.90 Å². The van der Waals surface area contributed by atoms with Crippen molar-refractivity contribution < 1.29 is 0 Å². The standard InChI is InChI=1S/C13H24N2/c14-11-2-1-3-13(8-11)15(12-6-7-12)9-10-4-5-10/h10-13H,1-9,14H2. The van der Waals surface area contributed by atoms with Gasteiger partial charge in [0.2, 0.25) is 0 Å². The topological polar surface area (TPSA) is 29.3 Å². The summed E-state index contributed by atoms with van der Waals surface area (Å²) in [6.07, 6.45) is 11.2. The fourth-order valence-corrected chi connectivity index (χ4v) is 3.10. The summed E-state index contributed by atoms with van der Waals surface area (Å²) >= 11 is 0. The fourth-order valence-electron chi connectivity index (χ4n) is 3.10. The summed E-state index contributed by atoms with van der Waals surface area (Å²) < 4.78 is 0. The van der Waals surface area contributed by atoms with E-state index in [1.54, 1.807) is 0 Å². The van der Waals surface area contributed by atoms with Crippen molar-refractivity contribution in [2.45, 2.75) is 69.5 Å². The predicted molar refractivity (Wildman–Crippen MR) is 62.7 cm³/mol. The summed E-state index contributed by atoms with van der Waals surface area (Å²) in [5.74, 6) is 1.05. The van der Waals surface area contributed by atoms with Crippen molar-refractivity contribution >= 4 is 0 Å². The Morgan fingerprint density at radius 2 is 1.73 bits per heavy atom.